The van der Waals surface area contributed by atoms with E-state index < -0.39 is 0 Å². The molecule has 0 aliphatic heterocycles. The van der Waals surface area contributed by atoms with Gasteiger partial charge in [-0.3, -0.25) is 4.79 Å². The first-order valence-electron chi connectivity index (χ1n) is 6.12. The molecule has 0 amide bonds. The molecule has 0 heterocycles. The Hall–Kier alpha value is -2.29. The maximum Gasteiger partial charge on any atom is 0.193 e. The van der Waals surface area contributed by atoms with Crippen LogP contribution >= 0.6 is 0 Å². The lowest BCUT2D eigenvalue weighted by molar-refractivity contribution is 0.103. The van der Waals surface area contributed by atoms with Gasteiger partial charge in [0.15, 0.2) is 5.78 Å². The van der Waals surface area contributed by atoms with E-state index in [4.69, 9.17) is 5.73 Å². The van der Waals surface area contributed by atoms with Crippen LogP contribution in [0.4, 0.5) is 5.69 Å². The van der Waals surface area contributed by atoms with Gasteiger partial charge >= 0.3 is 0 Å². The van der Waals surface area contributed by atoms with E-state index in [-0.39, 0.29) is 11.5 Å². The highest BCUT2D eigenvalue weighted by atomic mass is 16.3. The van der Waals surface area contributed by atoms with Crippen LogP contribution in [0.25, 0.3) is 0 Å². The minimum Gasteiger partial charge on any atom is -0.508 e. The highest BCUT2D eigenvalue weighted by Gasteiger charge is 2.17. The van der Waals surface area contributed by atoms with Crippen molar-refractivity contribution in [3.8, 4) is 5.75 Å². The molecule has 19 heavy (non-hydrogen) atoms. The van der Waals surface area contributed by atoms with Crippen molar-refractivity contribution < 1.29 is 9.90 Å². The van der Waals surface area contributed by atoms with Crippen LogP contribution in [0.3, 0.4) is 0 Å². The van der Waals surface area contributed by atoms with E-state index in [1.165, 1.54) is 0 Å². The number of hydrogen-bond donors (Lipinski definition) is 2. The summed E-state index contributed by atoms with van der Waals surface area (Å²) in [7, 11) is 0. The molecule has 0 fully saturated rings. The first kappa shape index (κ1) is 13.1. The molecule has 0 aliphatic carbocycles. The number of phenolic OH excluding ortho intramolecular Hbond substituents is 1. The molecule has 3 N–H and O–H groups in total. The van der Waals surface area contributed by atoms with Crippen LogP contribution in [0.15, 0.2) is 30.3 Å². The molecule has 2 aromatic rings. The van der Waals surface area contributed by atoms with Crippen molar-refractivity contribution >= 4 is 11.5 Å². The quantitative estimate of drug-likeness (QED) is 0.640. The molecule has 0 bridgehead atoms. The lowest BCUT2D eigenvalue weighted by atomic mass is 9.91. The molecule has 0 saturated heterocycles. The maximum absolute atomic E-state index is 12.5. The van der Waals surface area contributed by atoms with Crippen LogP contribution in [0.2, 0.25) is 0 Å². The predicted octanol–water partition coefficient (Wildman–Crippen LogP) is 3.13. The molecule has 0 unspecified atom stereocenters. The number of nitrogen functional groups attached to an aromatic ring is 1. The molecular formula is C16H17NO2. The highest BCUT2D eigenvalue weighted by molar-refractivity contribution is 6.11. The molecule has 2 aromatic carbocycles. The van der Waals surface area contributed by atoms with Crippen molar-refractivity contribution in [2.24, 2.45) is 0 Å². The zero-order chi connectivity index (χ0) is 14.2. The number of carbonyl (C=O) groups is 1. The van der Waals surface area contributed by atoms with Gasteiger partial charge in [0.2, 0.25) is 0 Å². The van der Waals surface area contributed by atoms with Gasteiger partial charge in [-0.2, -0.15) is 0 Å². The van der Waals surface area contributed by atoms with E-state index >= 15 is 0 Å². The van der Waals surface area contributed by atoms with Gasteiger partial charge in [-0.05, 0) is 67.8 Å². The second-order valence-electron chi connectivity index (χ2n) is 4.79. The summed E-state index contributed by atoms with van der Waals surface area (Å²) in [5.74, 6) is 0.182. The lowest BCUT2D eigenvalue weighted by Gasteiger charge is -2.13. The molecule has 0 aliphatic rings. The highest BCUT2D eigenvalue weighted by Crippen LogP contribution is 2.28. The first-order chi connectivity index (χ1) is 8.91. The van der Waals surface area contributed by atoms with E-state index in [1.54, 1.807) is 30.3 Å². The van der Waals surface area contributed by atoms with Gasteiger partial charge < -0.3 is 10.8 Å². The van der Waals surface area contributed by atoms with E-state index in [9.17, 15) is 9.90 Å². The molecule has 2 rings (SSSR count). The van der Waals surface area contributed by atoms with Crippen LogP contribution in [0.5, 0.6) is 5.75 Å². The number of ketones is 1. The summed E-state index contributed by atoms with van der Waals surface area (Å²) in [6.45, 7) is 5.49. The van der Waals surface area contributed by atoms with E-state index in [1.807, 2.05) is 20.8 Å². The molecule has 98 valence electrons. The molecule has 3 heteroatoms. The summed E-state index contributed by atoms with van der Waals surface area (Å²) in [6.07, 6.45) is 0. The Labute approximate surface area is 112 Å². The zero-order valence-corrected chi connectivity index (χ0v) is 11.3. The van der Waals surface area contributed by atoms with Crippen LogP contribution < -0.4 is 5.73 Å². The van der Waals surface area contributed by atoms with Crippen molar-refractivity contribution in [1.29, 1.82) is 0 Å². The van der Waals surface area contributed by atoms with Gasteiger partial charge in [-0.1, -0.05) is 0 Å². The number of phenols is 1. The van der Waals surface area contributed by atoms with Crippen molar-refractivity contribution in [3.63, 3.8) is 0 Å². The standard InChI is InChI=1S/C16H17NO2/c1-9-8-14(18)10(2)11(3)15(9)16(19)12-4-6-13(17)7-5-12/h4-8,18H,17H2,1-3H3. The topological polar surface area (TPSA) is 63.3 Å². The number of nitrogens with two attached hydrogens (primary N) is 1. The first-order valence-corrected chi connectivity index (χ1v) is 6.12. The van der Waals surface area contributed by atoms with Gasteiger partial charge in [0.1, 0.15) is 5.75 Å². The second-order valence-corrected chi connectivity index (χ2v) is 4.79. The fourth-order valence-corrected chi connectivity index (χ4v) is 2.19. The number of carbonyl (C=O) groups excluding carboxylic acids is 1. The number of rotatable bonds is 2. The van der Waals surface area contributed by atoms with Crippen LogP contribution in [-0.2, 0) is 0 Å². The summed E-state index contributed by atoms with van der Waals surface area (Å²) in [6, 6.07) is 8.50. The van der Waals surface area contributed by atoms with E-state index in [0.717, 1.165) is 16.7 Å². The van der Waals surface area contributed by atoms with Crippen LogP contribution in [0, 0.1) is 20.8 Å². The van der Waals surface area contributed by atoms with Crippen molar-refractivity contribution in [2.75, 3.05) is 5.73 Å². The van der Waals surface area contributed by atoms with E-state index in [2.05, 4.69) is 0 Å². The number of benzene rings is 2. The number of hydrogen-bond acceptors (Lipinski definition) is 3. The summed E-state index contributed by atoms with van der Waals surface area (Å²) < 4.78 is 0. The summed E-state index contributed by atoms with van der Waals surface area (Å²) in [5.41, 5.74) is 9.85. The molecule has 0 atom stereocenters. The number of aryl methyl sites for hydroxylation is 1. The zero-order valence-electron chi connectivity index (χ0n) is 11.3. The van der Waals surface area contributed by atoms with E-state index in [0.29, 0.717) is 16.8 Å². The maximum atomic E-state index is 12.5. The second kappa shape index (κ2) is 4.76. The predicted molar refractivity (Wildman–Crippen MR) is 76.6 cm³/mol. The molecule has 0 spiro atoms. The Kier molecular flexibility index (Phi) is 3.30. The SMILES string of the molecule is Cc1cc(O)c(C)c(C)c1C(=O)c1ccc(N)cc1. The largest absolute Gasteiger partial charge is 0.508 e. The molecular weight excluding hydrogens is 238 g/mol. The van der Waals surface area contributed by atoms with Crippen molar-refractivity contribution in [1.82, 2.24) is 0 Å². The fourth-order valence-electron chi connectivity index (χ4n) is 2.19. The summed E-state index contributed by atoms with van der Waals surface area (Å²) >= 11 is 0. The minimum absolute atomic E-state index is 0.0434. The Balaban J connectivity index is 2.56. The summed E-state index contributed by atoms with van der Waals surface area (Å²) in [5, 5.41) is 9.77. The Bertz CT molecular complexity index is 643. The van der Waals surface area contributed by atoms with Crippen molar-refractivity contribution in [3.05, 3.63) is 58.1 Å². The third-order valence-corrected chi connectivity index (χ3v) is 3.47. The van der Waals surface area contributed by atoms with Crippen molar-refractivity contribution in [2.45, 2.75) is 20.8 Å². The van der Waals surface area contributed by atoms with Gasteiger partial charge in [0.25, 0.3) is 0 Å². The Morgan fingerprint density at radius 1 is 1.05 bits per heavy atom. The third-order valence-electron chi connectivity index (χ3n) is 3.47. The summed E-state index contributed by atoms with van der Waals surface area (Å²) in [4.78, 5) is 12.5. The average Bonchev–Trinajstić information content (AvgIpc) is 2.37. The van der Waals surface area contributed by atoms with Gasteiger partial charge in [0, 0.05) is 16.8 Å². The monoisotopic (exact) mass is 255 g/mol. The number of aromatic hydroxyl groups is 1. The molecule has 0 saturated carbocycles. The normalized spacial score (nSPS) is 10.5. The molecule has 0 aromatic heterocycles. The smallest absolute Gasteiger partial charge is 0.193 e. The molecule has 0 radical (unpaired) electrons. The Morgan fingerprint density at radius 2 is 1.63 bits per heavy atom. The minimum atomic E-state index is -0.0434. The van der Waals surface area contributed by atoms with Gasteiger partial charge in [0.05, 0.1) is 0 Å². The van der Waals surface area contributed by atoms with Crippen LogP contribution in [0.1, 0.15) is 32.6 Å². The fraction of sp³-hybridized carbons (Fsp3) is 0.188. The Morgan fingerprint density at radius 3 is 2.21 bits per heavy atom. The van der Waals surface area contributed by atoms with Gasteiger partial charge in [-0.25, -0.2) is 0 Å². The lowest BCUT2D eigenvalue weighted by Crippen LogP contribution is -2.07. The molecule has 3 nitrogen and oxygen atoms in total. The van der Waals surface area contributed by atoms with Crippen LogP contribution in [-0.4, -0.2) is 10.9 Å². The van der Waals surface area contributed by atoms with Gasteiger partial charge in [-0.15, -0.1) is 0 Å². The average molecular weight is 255 g/mol. The number of anilines is 1. The third kappa shape index (κ3) is 2.32.